The van der Waals surface area contributed by atoms with E-state index >= 15 is 0 Å². The molecule has 2 aliphatic heterocycles. The van der Waals surface area contributed by atoms with E-state index in [1.54, 1.807) is 0 Å². The van der Waals surface area contributed by atoms with Gasteiger partial charge in [0.2, 0.25) is 5.96 Å². The molecule has 1 fully saturated rings. The monoisotopic (exact) mass is 411 g/mol. The number of hydrogen-bond donors (Lipinski definition) is 0. The Bertz CT molecular complexity index is 1090. The molecule has 2 aromatic heterocycles. The molecule has 0 amide bonds. The maximum absolute atomic E-state index is 4.71. The van der Waals surface area contributed by atoms with E-state index in [0.717, 1.165) is 66.8 Å². The SMILES string of the molecule is C[C@@H]1CC=NC(N2CCN(c3nnc(-c4ccccc4)cc3-c3ccncc3)CC2)=N1. The molecule has 7 heteroatoms. The number of guanidine groups is 1. The Morgan fingerprint density at radius 3 is 2.32 bits per heavy atom. The third kappa shape index (κ3) is 4.17. The number of anilines is 1. The van der Waals surface area contributed by atoms with Gasteiger partial charge in [0, 0.05) is 62.3 Å². The molecule has 1 atom stereocenters. The first-order valence-electron chi connectivity index (χ1n) is 10.7. The van der Waals surface area contributed by atoms with Crippen LogP contribution in [0.3, 0.4) is 0 Å². The van der Waals surface area contributed by atoms with Crippen molar-refractivity contribution in [2.75, 3.05) is 31.1 Å². The predicted molar refractivity (Wildman–Crippen MR) is 124 cm³/mol. The van der Waals surface area contributed by atoms with Gasteiger partial charge >= 0.3 is 0 Å². The number of benzene rings is 1. The Kier molecular flexibility index (Phi) is 5.39. The minimum absolute atomic E-state index is 0.306. The molecule has 3 aromatic rings. The molecule has 0 radical (unpaired) electrons. The largest absolute Gasteiger partial charge is 0.351 e. The lowest BCUT2D eigenvalue weighted by Gasteiger charge is -2.37. The zero-order valence-electron chi connectivity index (χ0n) is 17.6. The Morgan fingerprint density at radius 1 is 0.839 bits per heavy atom. The van der Waals surface area contributed by atoms with E-state index in [2.05, 4.69) is 55.1 Å². The molecular formula is C24H25N7. The molecule has 0 bridgehead atoms. The molecule has 0 spiro atoms. The number of piperazine rings is 1. The first-order valence-corrected chi connectivity index (χ1v) is 10.7. The summed E-state index contributed by atoms with van der Waals surface area (Å²) in [6.07, 6.45) is 6.54. The second-order valence-corrected chi connectivity index (χ2v) is 7.87. The second kappa shape index (κ2) is 8.63. The molecule has 0 saturated carbocycles. The van der Waals surface area contributed by atoms with E-state index < -0.39 is 0 Å². The lowest BCUT2D eigenvalue weighted by molar-refractivity contribution is 0.377. The zero-order valence-corrected chi connectivity index (χ0v) is 17.6. The van der Waals surface area contributed by atoms with Gasteiger partial charge in [-0.1, -0.05) is 30.3 Å². The lowest BCUT2D eigenvalue weighted by atomic mass is 10.0. The van der Waals surface area contributed by atoms with Crippen LogP contribution in [0.15, 0.2) is 70.9 Å². The maximum atomic E-state index is 4.71. The van der Waals surface area contributed by atoms with E-state index in [1.807, 2.05) is 48.9 Å². The lowest BCUT2D eigenvalue weighted by Crippen LogP contribution is -2.49. The summed E-state index contributed by atoms with van der Waals surface area (Å²) in [5, 5.41) is 9.24. The topological polar surface area (TPSA) is 69.9 Å². The van der Waals surface area contributed by atoms with Crippen molar-refractivity contribution in [3.05, 3.63) is 60.9 Å². The summed E-state index contributed by atoms with van der Waals surface area (Å²) >= 11 is 0. The number of aliphatic imine (C=N–C) groups is 2. The summed E-state index contributed by atoms with van der Waals surface area (Å²) in [4.78, 5) is 18.0. The summed E-state index contributed by atoms with van der Waals surface area (Å²) in [6.45, 7) is 5.55. The van der Waals surface area contributed by atoms with Crippen molar-refractivity contribution in [2.24, 2.45) is 9.98 Å². The van der Waals surface area contributed by atoms with Crippen LogP contribution in [0.2, 0.25) is 0 Å². The van der Waals surface area contributed by atoms with Crippen LogP contribution in [-0.4, -0.2) is 64.5 Å². The normalized spacial score (nSPS) is 18.7. The quantitative estimate of drug-likeness (QED) is 0.659. The van der Waals surface area contributed by atoms with Crippen molar-refractivity contribution < 1.29 is 0 Å². The van der Waals surface area contributed by atoms with Gasteiger partial charge in [-0.05, 0) is 30.7 Å². The fraction of sp³-hybridized carbons (Fsp3) is 0.292. The van der Waals surface area contributed by atoms with Gasteiger partial charge in [-0.2, -0.15) is 0 Å². The van der Waals surface area contributed by atoms with Crippen LogP contribution in [0, 0.1) is 0 Å². The average molecular weight is 412 g/mol. The molecule has 4 heterocycles. The highest BCUT2D eigenvalue weighted by atomic mass is 15.4. The first-order chi connectivity index (χ1) is 15.3. The molecule has 5 rings (SSSR count). The van der Waals surface area contributed by atoms with Gasteiger partial charge < -0.3 is 9.80 Å². The molecule has 1 aromatic carbocycles. The summed E-state index contributed by atoms with van der Waals surface area (Å²) in [7, 11) is 0. The minimum Gasteiger partial charge on any atom is -0.351 e. The van der Waals surface area contributed by atoms with Crippen LogP contribution < -0.4 is 4.90 Å². The van der Waals surface area contributed by atoms with Crippen molar-refractivity contribution in [3.8, 4) is 22.4 Å². The van der Waals surface area contributed by atoms with Crippen molar-refractivity contribution >= 4 is 18.0 Å². The van der Waals surface area contributed by atoms with Gasteiger partial charge in [-0.25, -0.2) is 9.98 Å². The smallest absolute Gasteiger partial charge is 0.220 e. The Hall–Kier alpha value is -3.61. The van der Waals surface area contributed by atoms with Gasteiger partial charge in [0.15, 0.2) is 5.82 Å². The number of rotatable bonds is 3. The van der Waals surface area contributed by atoms with Gasteiger partial charge in [-0.3, -0.25) is 4.98 Å². The molecule has 0 unspecified atom stereocenters. The van der Waals surface area contributed by atoms with Crippen LogP contribution >= 0.6 is 0 Å². The van der Waals surface area contributed by atoms with Gasteiger partial charge in [0.25, 0.3) is 0 Å². The standard InChI is InChI=1S/C24H25N7/c1-18-7-12-26-24(27-18)31-15-13-30(14-16-31)23-21(19-8-10-25-11-9-19)17-22(28-29-23)20-5-3-2-4-6-20/h2-6,8-12,17-18H,7,13-16H2,1H3/t18-/m1/s1. The zero-order chi connectivity index (χ0) is 21.0. The Balaban J connectivity index is 1.43. The first kappa shape index (κ1) is 19.4. The molecule has 31 heavy (non-hydrogen) atoms. The average Bonchev–Trinajstić information content (AvgIpc) is 2.85. The van der Waals surface area contributed by atoms with Crippen molar-refractivity contribution in [1.29, 1.82) is 0 Å². The molecule has 1 saturated heterocycles. The van der Waals surface area contributed by atoms with Crippen molar-refractivity contribution in [1.82, 2.24) is 20.1 Å². The number of nitrogens with zero attached hydrogens (tertiary/aromatic N) is 7. The highest BCUT2D eigenvalue weighted by Gasteiger charge is 2.24. The molecule has 0 aliphatic carbocycles. The highest BCUT2D eigenvalue weighted by Crippen LogP contribution is 2.32. The highest BCUT2D eigenvalue weighted by molar-refractivity contribution is 5.90. The van der Waals surface area contributed by atoms with Gasteiger partial charge in [0.1, 0.15) is 0 Å². The fourth-order valence-corrected chi connectivity index (χ4v) is 3.96. The molecule has 0 N–H and O–H groups in total. The predicted octanol–water partition coefficient (Wildman–Crippen LogP) is 3.55. The summed E-state index contributed by atoms with van der Waals surface area (Å²) < 4.78 is 0. The number of aromatic nitrogens is 3. The van der Waals surface area contributed by atoms with Crippen LogP contribution in [0.25, 0.3) is 22.4 Å². The van der Waals surface area contributed by atoms with Crippen LogP contribution in [0.4, 0.5) is 5.82 Å². The maximum Gasteiger partial charge on any atom is 0.220 e. The van der Waals surface area contributed by atoms with Crippen LogP contribution in [0.1, 0.15) is 13.3 Å². The van der Waals surface area contributed by atoms with E-state index in [0.29, 0.717) is 6.04 Å². The van der Waals surface area contributed by atoms with E-state index in [4.69, 9.17) is 4.99 Å². The van der Waals surface area contributed by atoms with Crippen LogP contribution in [-0.2, 0) is 0 Å². The molecular weight excluding hydrogens is 386 g/mol. The van der Waals surface area contributed by atoms with Crippen LogP contribution in [0.5, 0.6) is 0 Å². The second-order valence-electron chi connectivity index (χ2n) is 7.87. The molecule has 2 aliphatic rings. The molecule has 156 valence electrons. The minimum atomic E-state index is 0.306. The number of pyridine rings is 1. The third-order valence-corrected chi connectivity index (χ3v) is 5.69. The van der Waals surface area contributed by atoms with E-state index in [1.165, 1.54) is 0 Å². The summed E-state index contributed by atoms with van der Waals surface area (Å²) in [5.74, 6) is 1.77. The summed E-state index contributed by atoms with van der Waals surface area (Å²) in [6, 6.07) is 16.7. The van der Waals surface area contributed by atoms with Gasteiger partial charge in [0.05, 0.1) is 11.7 Å². The van der Waals surface area contributed by atoms with Crippen molar-refractivity contribution in [2.45, 2.75) is 19.4 Å². The summed E-state index contributed by atoms with van der Waals surface area (Å²) in [5.41, 5.74) is 4.10. The number of hydrogen-bond acceptors (Lipinski definition) is 7. The third-order valence-electron chi connectivity index (χ3n) is 5.69. The van der Waals surface area contributed by atoms with Crippen molar-refractivity contribution in [3.63, 3.8) is 0 Å². The fourth-order valence-electron chi connectivity index (χ4n) is 3.96. The van der Waals surface area contributed by atoms with E-state index in [9.17, 15) is 0 Å². The van der Waals surface area contributed by atoms with E-state index in [-0.39, 0.29) is 0 Å². The Morgan fingerprint density at radius 2 is 1.58 bits per heavy atom. The Labute approximate surface area is 182 Å². The van der Waals surface area contributed by atoms with Gasteiger partial charge in [-0.15, -0.1) is 10.2 Å². The molecule has 7 nitrogen and oxygen atoms in total.